The van der Waals surface area contributed by atoms with E-state index in [4.69, 9.17) is 42.6 Å². The Kier molecular flexibility index (Phi) is 8.31. The molecule has 0 bridgehead atoms. The second-order valence-electron chi connectivity index (χ2n) is 16.2. The van der Waals surface area contributed by atoms with Crippen molar-refractivity contribution in [3.8, 4) is 0 Å². The number of carbonyl (C=O) groups is 5. The molecule has 7 fully saturated rings. The predicted octanol–water partition coefficient (Wildman–Crippen LogP) is 1.40. The zero-order valence-corrected chi connectivity index (χ0v) is 29.8. The molecular weight excluding hydrogens is 688 g/mol. The van der Waals surface area contributed by atoms with Gasteiger partial charge in [0.1, 0.15) is 24.9 Å². The van der Waals surface area contributed by atoms with Gasteiger partial charge in [-0.3, -0.25) is 14.4 Å². The first kappa shape index (κ1) is 35.7. The van der Waals surface area contributed by atoms with Gasteiger partial charge in [-0.1, -0.05) is 6.92 Å². The Morgan fingerprint density at radius 2 is 1.62 bits per heavy atom. The fourth-order valence-corrected chi connectivity index (χ4v) is 11.8. The largest absolute Gasteiger partial charge is 0.508 e. The van der Waals surface area contributed by atoms with Crippen molar-refractivity contribution >= 4 is 30.0 Å². The Balaban J connectivity index is 1.10. The maximum atomic E-state index is 12.8. The van der Waals surface area contributed by atoms with E-state index in [0.29, 0.717) is 19.3 Å². The lowest BCUT2D eigenvalue weighted by Gasteiger charge is -2.65. The predicted molar refractivity (Wildman–Crippen MR) is 168 cm³/mol. The highest BCUT2D eigenvalue weighted by molar-refractivity contribution is 5.85. The molecule has 0 radical (unpaired) electrons. The van der Waals surface area contributed by atoms with Crippen LogP contribution in [0.2, 0.25) is 0 Å². The van der Waals surface area contributed by atoms with Gasteiger partial charge < -0.3 is 52.8 Å². The van der Waals surface area contributed by atoms with E-state index in [1.54, 1.807) is 6.92 Å². The second-order valence-corrected chi connectivity index (χ2v) is 16.2. The van der Waals surface area contributed by atoms with Crippen molar-refractivity contribution in [2.45, 2.75) is 139 Å². The Morgan fingerprint density at radius 3 is 2.29 bits per heavy atom. The quantitative estimate of drug-likeness (QED) is 0.171. The maximum Gasteiger partial charge on any atom is 0.508 e. The molecule has 2 spiro atoms. The number of hydrogen-bond acceptors (Lipinski definition) is 16. The van der Waals surface area contributed by atoms with Crippen LogP contribution in [0.4, 0.5) is 4.79 Å². The topological polar surface area (TPSA) is 212 Å². The summed E-state index contributed by atoms with van der Waals surface area (Å²) in [6, 6.07) is 0. The molecule has 0 aromatic rings. The van der Waals surface area contributed by atoms with E-state index in [-0.39, 0.29) is 38.4 Å². The number of rotatable bonds is 6. The van der Waals surface area contributed by atoms with Crippen LogP contribution < -0.4 is 0 Å². The first-order valence-corrected chi connectivity index (χ1v) is 18.1. The number of fused-ring (bicyclic) bond motifs is 3. The minimum atomic E-state index is -1.33. The molecule has 16 atom stereocenters. The lowest BCUT2D eigenvalue weighted by atomic mass is 9.41. The fourth-order valence-electron chi connectivity index (χ4n) is 11.8. The van der Waals surface area contributed by atoms with Crippen LogP contribution in [0.25, 0.3) is 0 Å². The third kappa shape index (κ3) is 5.07. The molecule has 4 heterocycles. The van der Waals surface area contributed by atoms with Crippen LogP contribution in [-0.2, 0) is 61.8 Å². The van der Waals surface area contributed by atoms with Crippen LogP contribution in [0.1, 0.15) is 73.1 Å². The first-order chi connectivity index (χ1) is 24.5. The summed E-state index contributed by atoms with van der Waals surface area (Å²) in [5.41, 5.74) is -3.16. The standard InChI is InChI=1S/C36H46O16/c1-15-28(47-16(2)37)29(48-17(3)38)30(49-18(4)39)31(46-15)50-20-9-24-34(14-45-32(42)51-24)27-22(10-25-36(34,11-20)52-25)35(43)7-6-21(19-8-26(41)44-13-19)33(35,5)12-23(27)40/h8,15,20-25,27-31,40,43H,6-7,9-14H2,1-5H3/t15-,20-,21+,22+,23+,24+,25+,27+,28-,29+,30+,31-,33+,34+,35-,36+/m0/s1. The molecule has 4 saturated carbocycles. The van der Waals surface area contributed by atoms with Crippen molar-refractivity contribution in [3.05, 3.63) is 11.6 Å². The smallest absolute Gasteiger partial charge is 0.458 e. The maximum absolute atomic E-state index is 12.8. The van der Waals surface area contributed by atoms with E-state index in [2.05, 4.69) is 0 Å². The molecular formula is C36H46O16. The molecule has 16 heteroatoms. The van der Waals surface area contributed by atoms with Gasteiger partial charge in [-0.05, 0) is 50.0 Å². The summed E-state index contributed by atoms with van der Waals surface area (Å²) in [5.74, 6) is -3.65. The van der Waals surface area contributed by atoms with E-state index >= 15 is 0 Å². The monoisotopic (exact) mass is 734 g/mol. The summed E-state index contributed by atoms with van der Waals surface area (Å²) in [5, 5.41) is 25.0. The van der Waals surface area contributed by atoms with Crippen molar-refractivity contribution in [3.63, 3.8) is 0 Å². The number of carbonyl (C=O) groups excluding carboxylic acids is 5. The number of epoxide rings is 1. The van der Waals surface area contributed by atoms with E-state index < -0.39 is 119 Å². The molecule has 286 valence electrons. The number of aliphatic hydroxyl groups is 2. The molecule has 0 amide bonds. The minimum absolute atomic E-state index is 0.0900. The highest BCUT2D eigenvalue weighted by Gasteiger charge is 2.85. The van der Waals surface area contributed by atoms with Crippen LogP contribution in [0.5, 0.6) is 0 Å². The Hall–Kier alpha value is -3.31. The molecule has 8 rings (SSSR count). The third-order valence-electron chi connectivity index (χ3n) is 13.7. The fraction of sp³-hybridized carbons (Fsp3) is 0.806. The van der Waals surface area contributed by atoms with Gasteiger partial charge in [0.2, 0.25) is 0 Å². The number of esters is 4. The van der Waals surface area contributed by atoms with Gasteiger partial charge in [0.05, 0.1) is 35.4 Å². The van der Waals surface area contributed by atoms with E-state index in [1.165, 1.54) is 26.8 Å². The lowest BCUT2D eigenvalue weighted by Crippen LogP contribution is -2.75. The summed E-state index contributed by atoms with van der Waals surface area (Å²) >= 11 is 0. The summed E-state index contributed by atoms with van der Waals surface area (Å²) in [6.07, 6.45) is -5.96. The summed E-state index contributed by atoms with van der Waals surface area (Å²) in [7, 11) is 0. The number of hydrogen-bond donors (Lipinski definition) is 2. The van der Waals surface area contributed by atoms with Crippen molar-refractivity contribution in [1.29, 1.82) is 0 Å². The molecule has 8 aliphatic rings. The second kappa shape index (κ2) is 12.1. The van der Waals surface area contributed by atoms with Crippen molar-refractivity contribution in [1.82, 2.24) is 0 Å². The molecule has 0 unspecified atom stereocenters. The van der Waals surface area contributed by atoms with Gasteiger partial charge in [0.25, 0.3) is 0 Å². The highest BCUT2D eigenvalue weighted by Crippen LogP contribution is 2.76. The molecule has 0 aromatic carbocycles. The van der Waals surface area contributed by atoms with Crippen LogP contribution in [-0.4, -0.2) is 120 Å². The van der Waals surface area contributed by atoms with Gasteiger partial charge in [0.15, 0.2) is 24.6 Å². The Morgan fingerprint density at radius 1 is 0.923 bits per heavy atom. The summed E-state index contributed by atoms with van der Waals surface area (Å²) in [4.78, 5) is 61.3. The molecule has 4 aliphatic carbocycles. The Labute approximate surface area is 299 Å². The number of ether oxygens (including phenoxy) is 9. The molecule has 0 aromatic heterocycles. The van der Waals surface area contributed by atoms with Crippen molar-refractivity contribution < 1.29 is 76.8 Å². The lowest BCUT2D eigenvalue weighted by molar-refractivity contribution is -0.325. The zero-order chi connectivity index (χ0) is 37.1. The van der Waals surface area contributed by atoms with Gasteiger partial charge in [-0.2, -0.15) is 0 Å². The van der Waals surface area contributed by atoms with Crippen molar-refractivity contribution in [2.24, 2.45) is 28.6 Å². The molecule has 3 saturated heterocycles. The van der Waals surface area contributed by atoms with Crippen LogP contribution in [0, 0.1) is 28.6 Å². The summed E-state index contributed by atoms with van der Waals surface area (Å²) < 4.78 is 52.7. The van der Waals surface area contributed by atoms with Gasteiger partial charge in [0, 0.05) is 51.0 Å². The number of aliphatic hydroxyl groups excluding tert-OH is 1. The SMILES string of the molecule is CC(=O)O[C@@H]1[C@@H](OC(C)=O)[C@H](C)O[C@@H](O[C@H]2C[C@H]3OC(=O)OC[C@]34[C@H]3[C@H](O)C[C@]5(C)[C@@H](C6=CC(=O)OC6)CC[C@]5(O)[C@@H]3C[C@H]3O[C@]34C2)[C@@H]1OC(C)=O. The van der Waals surface area contributed by atoms with Crippen LogP contribution >= 0.6 is 0 Å². The number of cyclic esters (lactones) is 2. The van der Waals surface area contributed by atoms with Crippen LogP contribution in [0.15, 0.2) is 11.6 Å². The van der Waals surface area contributed by atoms with Gasteiger partial charge in [-0.25, -0.2) is 9.59 Å². The van der Waals surface area contributed by atoms with Crippen molar-refractivity contribution in [2.75, 3.05) is 13.2 Å². The minimum Gasteiger partial charge on any atom is -0.458 e. The van der Waals surface area contributed by atoms with E-state index in [0.717, 1.165) is 5.57 Å². The average Bonchev–Trinajstić information content (AvgIpc) is 3.47. The van der Waals surface area contributed by atoms with E-state index in [1.807, 2.05) is 6.92 Å². The molecule has 16 nitrogen and oxygen atoms in total. The normalized spacial score (nSPS) is 49.9. The molecule has 2 N–H and O–H groups in total. The zero-order valence-electron chi connectivity index (χ0n) is 29.8. The van der Waals surface area contributed by atoms with E-state index in [9.17, 15) is 34.2 Å². The average molecular weight is 735 g/mol. The highest BCUT2D eigenvalue weighted by atomic mass is 16.8. The van der Waals surface area contributed by atoms with Gasteiger partial charge >= 0.3 is 30.0 Å². The summed E-state index contributed by atoms with van der Waals surface area (Å²) in [6.45, 7) is 7.23. The van der Waals surface area contributed by atoms with Gasteiger partial charge in [-0.15, -0.1) is 0 Å². The van der Waals surface area contributed by atoms with Crippen LogP contribution in [0.3, 0.4) is 0 Å². The Bertz CT molecular complexity index is 1590. The molecule has 52 heavy (non-hydrogen) atoms. The first-order valence-electron chi connectivity index (χ1n) is 18.1. The molecule has 4 aliphatic heterocycles. The third-order valence-corrected chi connectivity index (χ3v) is 13.7.